The van der Waals surface area contributed by atoms with E-state index in [0.717, 1.165) is 6.07 Å². The Balaban J connectivity index is 1.85. The molecule has 3 aromatic rings. The zero-order valence-electron chi connectivity index (χ0n) is 17.1. The number of nitrogens with one attached hydrogen (secondary N) is 1. The third kappa shape index (κ3) is 4.53. The summed E-state index contributed by atoms with van der Waals surface area (Å²) >= 11 is 0. The average Bonchev–Trinajstić information content (AvgIpc) is 3.19. The van der Waals surface area contributed by atoms with Crippen molar-refractivity contribution in [2.75, 3.05) is 19.0 Å². The van der Waals surface area contributed by atoms with Gasteiger partial charge in [-0.1, -0.05) is 0 Å². The van der Waals surface area contributed by atoms with Crippen molar-refractivity contribution in [2.45, 2.75) is 6.92 Å². The van der Waals surface area contributed by atoms with Gasteiger partial charge in [0.15, 0.2) is 17.3 Å². The second-order valence-electron chi connectivity index (χ2n) is 6.43. The van der Waals surface area contributed by atoms with Crippen molar-refractivity contribution < 1.29 is 24.0 Å². The lowest BCUT2D eigenvalue weighted by Gasteiger charge is -2.12. The fourth-order valence-electron chi connectivity index (χ4n) is 2.93. The van der Waals surface area contributed by atoms with Gasteiger partial charge in [-0.15, -0.1) is 0 Å². The smallest absolute Gasteiger partial charge is 0.286 e. The van der Waals surface area contributed by atoms with Crippen LogP contribution in [0.3, 0.4) is 0 Å². The number of carbonyl (C=O) groups excluding carboxylic acids is 2. The lowest BCUT2D eigenvalue weighted by atomic mass is 10.1. The van der Waals surface area contributed by atoms with Crippen LogP contribution < -0.4 is 14.8 Å². The molecule has 1 N–H and O–H groups in total. The molecular formula is C21H20N4O6. The first kappa shape index (κ1) is 21.5. The molecule has 10 heteroatoms. The van der Waals surface area contributed by atoms with E-state index in [9.17, 15) is 19.7 Å². The number of nitro groups is 1. The Morgan fingerprint density at radius 2 is 1.90 bits per heavy atom. The monoisotopic (exact) mass is 424 g/mol. The van der Waals surface area contributed by atoms with E-state index in [2.05, 4.69) is 10.3 Å². The van der Waals surface area contributed by atoms with E-state index in [-0.39, 0.29) is 35.3 Å². The third-order valence-corrected chi connectivity index (χ3v) is 4.45. The van der Waals surface area contributed by atoms with Crippen LogP contribution in [0.2, 0.25) is 0 Å². The highest BCUT2D eigenvalue weighted by Crippen LogP contribution is 2.35. The molecule has 0 aliphatic heterocycles. The van der Waals surface area contributed by atoms with Crippen LogP contribution in [0.1, 0.15) is 33.5 Å². The van der Waals surface area contributed by atoms with E-state index in [4.69, 9.17) is 9.47 Å². The highest BCUT2D eigenvalue weighted by atomic mass is 16.6. The molecule has 3 rings (SSSR count). The number of aromatic nitrogens is 2. The van der Waals surface area contributed by atoms with E-state index in [1.54, 1.807) is 36.9 Å². The van der Waals surface area contributed by atoms with Crippen molar-refractivity contribution in [3.05, 3.63) is 75.9 Å². The summed E-state index contributed by atoms with van der Waals surface area (Å²) in [5.41, 5.74) is 0.159. The van der Waals surface area contributed by atoms with Crippen molar-refractivity contribution in [1.82, 2.24) is 9.55 Å². The highest BCUT2D eigenvalue weighted by Gasteiger charge is 2.25. The van der Waals surface area contributed by atoms with Crippen LogP contribution in [0.25, 0.3) is 0 Å². The number of rotatable bonds is 8. The quantitative estimate of drug-likeness (QED) is 0.334. The summed E-state index contributed by atoms with van der Waals surface area (Å²) in [5, 5.41) is 14.1. The normalized spacial score (nSPS) is 10.4. The maximum atomic E-state index is 12.7. The largest absolute Gasteiger partial charge is 0.493 e. The number of ether oxygens (including phenoxy) is 2. The Labute approximate surface area is 177 Å². The molecule has 160 valence electrons. The second kappa shape index (κ2) is 9.08. The van der Waals surface area contributed by atoms with Crippen LogP contribution in [0.5, 0.6) is 11.5 Å². The summed E-state index contributed by atoms with van der Waals surface area (Å²) in [5.74, 6) is -0.304. The van der Waals surface area contributed by atoms with Crippen LogP contribution in [0.4, 0.5) is 11.4 Å². The van der Waals surface area contributed by atoms with E-state index in [1.165, 1.54) is 31.5 Å². The van der Waals surface area contributed by atoms with E-state index < -0.39 is 16.5 Å². The third-order valence-electron chi connectivity index (χ3n) is 4.45. The molecule has 0 radical (unpaired) electrons. The number of hydrogen-bond donors (Lipinski definition) is 1. The second-order valence-corrected chi connectivity index (χ2v) is 6.43. The minimum absolute atomic E-state index is 0.172. The van der Waals surface area contributed by atoms with Gasteiger partial charge in [-0.05, 0) is 31.2 Å². The molecule has 1 amide bonds. The van der Waals surface area contributed by atoms with Gasteiger partial charge in [-0.3, -0.25) is 19.7 Å². The first-order valence-electron chi connectivity index (χ1n) is 9.28. The number of ketones is 1. The molecular weight excluding hydrogens is 404 g/mol. The molecule has 0 atom stereocenters. The molecule has 0 saturated carbocycles. The Morgan fingerprint density at radius 1 is 1.19 bits per heavy atom. The number of carbonyl (C=O) groups is 2. The number of nitrogens with zero attached hydrogens (tertiary/aromatic N) is 3. The summed E-state index contributed by atoms with van der Waals surface area (Å²) in [6.45, 7) is 2.01. The topological polar surface area (TPSA) is 126 Å². The van der Waals surface area contributed by atoms with Gasteiger partial charge in [0, 0.05) is 36.8 Å². The summed E-state index contributed by atoms with van der Waals surface area (Å²) in [6, 6.07) is 8.57. The van der Waals surface area contributed by atoms with Gasteiger partial charge in [0.1, 0.15) is 5.56 Å². The molecule has 0 unspecified atom stereocenters. The number of imidazole rings is 1. The predicted octanol–water partition coefficient (Wildman–Crippen LogP) is 3.22. The standard InChI is InChI=1S/C21H20N4O6/c1-4-31-18-12-16(25(28)29)15(11-17(18)30-3)21(27)23-14-7-5-13(6-8-14)19(26)20-22-9-10-24(20)2/h5-12H,4H2,1-3H3,(H,23,27). The highest BCUT2D eigenvalue weighted by molar-refractivity contribution is 6.09. The Bertz CT molecular complexity index is 1140. The van der Waals surface area contributed by atoms with Crippen LogP contribution in [-0.2, 0) is 7.05 Å². The summed E-state index contributed by atoms with van der Waals surface area (Å²) < 4.78 is 12.1. The fourth-order valence-corrected chi connectivity index (χ4v) is 2.93. The molecule has 1 aromatic heterocycles. The molecule has 0 saturated heterocycles. The van der Waals surface area contributed by atoms with E-state index in [1.807, 2.05) is 0 Å². The van der Waals surface area contributed by atoms with Gasteiger partial charge >= 0.3 is 0 Å². The van der Waals surface area contributed by atoms with Gasteiger partial charge in [-0.25, -0.2) is 4.98 Å². The van der Waals surface area contributed by atoms with Crippen LogP contribution in [-0.4, -0.2) is 39.9 Å². The zero-order valence-corrected chi connectivity index (χ0v) is 17.1. The first-order valence-corrected chi connectivity index (χ1v) is 9.28. The lowest BCUT2D eigenvalue weighted by Crippen LogP contribution is -2.15. The van der Waals surface area contributed by atoms with Gasteiger partial charge in [0.25, 0.3) is 11.6 Å². The lowest BCUT2D eigenvalue weighted by molar-refractivity contribution is -0.385. The maximum Gasteiger partial charge on any atom is 0.286 e. The number of methoxy groups -OCH3 is 1. The molecule has 10 nitrogen and oxygen atoms in total. The Hall–Kier alpha value is -4.21. The minimum Gasteiger partial charge on any atom is -0.493 e. The number of amides is 1. The SMILES string of the molecule is CCOc1cc([N+](=O)[O-])c(C(=O)Nc2ccc(C(=O)c3nccn3C)cc2)cc1OC. The maximum absolute atomic E-state index is 12.7. The number of benzene rings is 2. The Kier molecular flexibility index (Phi) is 6.29. The van der Waals surface area contributed by atoms with Crippen molar-refractivity contribution in [3.8, 4) is 11.5 Å². The number of hydrogen-bond acceptors (Lipinski definition) is 7. The predicted molar refractivity (Wildman–Crippen MR) is 112 cm³/mol. The minimum atomic E-state index is -0.698. The molecule has 2 aromatic carbocycles. The molecule has 0 spiro atoms. The van der Waals surface area contributed by atoms with Gasteiger partial charge in [0.05, 0.1) is 24.7 Å². The van der Waals surface area contributed by atoms with Crippen LogP contribution in [0.15, 0.2) is 48.8 Å². The van der Waals surface area contributed by atoms with Crippen LogP contribution >= 0.6 is 0 Å². The van der Waals surface area contributed by atoms with Gasteiger partial charge in [0.2, 0.25) is 5.78 Å². The molecule has 0 fully saturated rings. The van der Waals surface area contributed by atoms with Gasteiger partial charge < -0.3 is 19.4 Å². The van der Waals surface area contributed by atoms with Crippen molar-refractivity contribution in [1.29, 1.82) is 0 Å². The van der Waals surface area contributed by atoms with Crippen LogP contribution in [0, 0.1) is 10.1 Å². The van der Waals surface area contributed by atoms with Crippen molar-refractivity contribution in [2.24, 2.45) is 7.05 Å². The van der Waals surface area contributed by atoms with Gasteiger partial charge in [-0.2, -0.15) is 0 Å². The van der Waals surface area contributed by atoms with Crippen molar-refractivity contribution >= 4 is 23.1 Å². The summed E-state index contributed by atoms with van der Waals surface area (Å²) in [4.78, 5) is 40.1. The molecule has 0 bridgehead atoms. The summed E-state index contributed by atoms with van der Waals surface area (Å²) in [6.07, 6.45) is 3.19. The molecule has 1 heterocycles. The molecule has 0 aliphatic rings. The first-order chi connectivity index (χ1) is 14.8. The van der Waals surface area contributed by atoms with E-state index in [0.29, 0.717) is 11.3 Å². The van der Waals surface area contributed by atoms with E-state index >= 15 is 0 Å². The average molecular weight is 424 g/mol. The van der Waals surface area contributed by atoms with Crippen molar-refractivity contribution in [3.63, 3.8) is 0 Å². The number of anilines is 1. The summed E-state index contributed by atoms with van der Waals surface area (Å²) in [7, 11) is 3.09. The fraction of sp³-hybridized carbons (Fsp3) is 0.190. The Morgan fingerprint density at radius 3 is 2.45 bits per heavy atom. The zero-order chi connectivity index (χ0) is 22.5. The molecule has 0 aliphatic carbocycles. The molecule has 31 heavy (non-hydrogen) atoms. The number of aryl methyl sites for hydroxylation is 1. The number of nitro benzene ring substituents is 1.